The maximum absolute atomic E-state index is 13.4. The highest BCUT2D eigenvalue weighted by atomic mass is 79.9. The summed E-state index contributed by atoms with van der Waals surface area (Å²) in [4.78, 5) is 45.6. The second-order valence-corrected chi connectivity index (χ2v) is 10.9. The summed E-state index contributed by atoms with van der Waals surface area (Å²) >= 11 is 3.34. The first-order valence-electron chi connectivity index (χ1n) is 12.2. The third-order valence-electron chi connectivity index (χ3n) is 7.54. The number of rotatable bonds is 4. The van der Waals surface area contributed by atoms with Crippen LogP contribution in [0.15, 0.2) is 59.2 Å². The predicted octanol–water partition coefficient (Wildman–Crippen LogP) is 5.41. The van der Waals surface area contributed by atoms with Gasteiger partial charge in [-0.2, -0.15) is 0 Å². The number of carbonyl (C=O) groups excluding carboxylic acids is 2. The van der Waals surface area contributed by atoms with Gasteiger partial charge in [0, 0.05) is 65.0 Å². The molecule has 1 aromatic heterocycles. The Balaban J connectivity index is 1.24. The maximum atomic E-state index is 13.4. The zero-order valence-electron chi connectivity index (χ0n) is 20.7. The van der Waals surface area contributed by atoms with Crippen LogP contribution in [-0.4, -0.2) is 57.7 Å². The van der Waals surface area contributed by atoms with E-state index in [-0.39, 0.29) is 22.9 Å². The molecule has 0 radical (unpaired) electrons. The summed E-state index contributed by atoms with van der Waals surface area (Å²) in [5, 5.41) is 11.4. The first kappa shape index (κ1) is 25.1. The topological polar surface area (TPSA) is 96.7 Å². The number of nitrogens with zero attached hydrogens (tertiary/aromatic N) is 4. The van der Waals surface area contributed by atoms with E-state index in [1.54, 1.807) is 30.2 Å². The molecule has 9 heteroatoms. The van der Waals surface area contributed by atoms with E-state index in [1.807, 2.05) is 42.2 Å². The zero-order valence-corrected chi connectivity index (χ0v) is 22.3. The van der Waals surface area contributed by atoms with Gasteiger partial charge in [-0.3, -0.25) is 24.7 Å². The average Bonchev–Trinajstić information content (AvgIpc) is 2.88. The van der Waals surface area contributed by atoms with Gasteiger partial charge in [-0.1, -0.05) is 39.7 Å². The number of likely N-dealkylation sites (tertiary alicyclic amines) is 2. The summed E-state index contributed by atoms with van der Waals surface area (Å²) in [5.74, 6) is -0.227. The number of halogens is 1. The fourth-order valence-electron chi connectivity index (χ4n) is 5.34. The van der Waals surface area contributed by atoms with Gasteiger partial charge in [0.25, 0.3) is 17.5 Å². The average molecular weight is 563 g/mol. The fraction of sp³-hybridized carbons (Fsp3) is 0.321. The number of amides is 2. The van der Waals surface area contributed by atoms with Gasteiger partial charge in [0.2, 0.25) is 0 Å². The third kappa shape index (κ3) is 4.75. The SMILES string of the molecule is Cc1cccc(-c2ncccc2C(=O)N2CC3(CCN(C(=O)c4cc(Br)c(C)c([N+](=O)[O-])c4)CC3)C2)c1. The maximum Gasteiger partial charge on any atom is 0.274 e. The number of pyridine rings is 1. The molecule has 37 heavy (non-hydrogen) atoms. The van der Waals surface area contributed by atoms with E-state index in [0.29, 0.717) is 53.0 Å². The van der Waals surface area contributed by atoms with Crippen molar-refractivity contribution < 1.29 is 14.5 Å². The van der Waals surface area contributed by atoms with E-state index in [1.165, 1.54) is 6.07 Å². The number of piperidine rings is 1. The molecule has 2 fully saturated rings. The highest BCUT2D eigenvalue weighted by Crippen LogP contribution is 2.42. The molecule has 2 saturated heterocycles. The Bertz CT molecular complexity index is 1410. The minimum atomic E-state index is -0.464. The molecular formula is C28H27BrN4O4. The Kier molecular flexibility index (Phi) is 6.58. The molecule has 0 aliphatic carbocycles. The molecule has 3 aromatic rings. The van der Waals surface area contributed by atoms with Crippen molar-refractivity contribution in [3.05, 3.63) is 91.6 Å². The highest BCUT2D eigenvalue weighted by Gasteiger charge is 2.47. The normalized spacial score (nSPS) is 16.4. The van der Waals surface area contributed by atoms with Crippen LogP contribution in [0.4, 0.5) is 5.69 Å². The quantitative estimate of drug-likeness (QED) is 0.312. The van der Waals surface area contributed by atoms with Crippen LogP contribution >= 0.6 is 15.9 Å². The lowest BCUT2D eigenvalue weighted by Crippen LogP contribution is -2.62. The predicted molar refractivity (Wildman–Crippen MR) is 143 cm³/mol. The molecule has 2 aliphatic heterocycles. The first-order valence-corrected chi connectivity index (χ1v) is 13.0. The molecule has 0 unspecified atom stereocenters. The summed E-state index contributed by atoms with van der Waals surface area (Å²) in [6.45, 7) is 6.08. The Morgan fingerprint density at radius 1 is 1.00 bits per heavy atom. The lowest BCUT2D eigenvalue weighted by molar-refractivity contribution is -0.385. The van der Waals surface area contributed by atoms with Crippen molar-refractivity contribution in [3.8, 4) is 11.3 Å². The zero-order chi connectivity index (χ0) is 26.3. The summed E-state index contributed by atoms with van der Waals surface area (Å²) in [7, 11) is 0. The van der Waals surface area contributed by atoms with Crippen molar-refractivity contribution in [2.45, 2.75) is 26.7 Å². The van der Waals surface area contributed by atoms with Crippen LogP contribution in [0, 0.1) is 29.4 Å². The molecule has 8 nitrogen and oxygen atoms in total. The summed E-state index contributed by atoms with van der Waals surface area (Å²) in [6, 6.07) is 14.6. The van der Waals surface area contributed by atoms with Crippen LogP contribution in [0.1, 0.15) is 44.7 Å². The standard InChI is InChI=1S/C28H27BrN4O4/c1-18-5-3-6-20(13-18)25-22(7-4-10-30-25)27(35)32-16-28(17-32)8-11-31(12-9-28)26(34)21-14-23(29)19(2)24(15-21)33(36)37/h3-7,10,13-15H,8-9,11-12,16-17H2,1-2H3. The minimum absolute atomic E-state index is 0.00198. The van der Waals surface area contributed by atoms with Crippen molar-refractivity contribution in [2.24, 2.45) is 5.41 Å². The number of carbonyl (C=O) groups is 2. The Morgan fingerprint density at radius 2 is 1.73 bits per heavy atom. The molecule has 5 rings (SSSR count). The molecular weight excluding hydrogens is 536 g/mol. The van der Waals surface area contributed by atoms with Crippen molar-refractivity contribution >= 4 is 33.4 Å². The monoisotopic (exact) mass is 562 g/mol. The van der Waals surface area contributed by atoms with Gasteiger partial charge in [-0.05, 0) is 51.0 Å². The van der Waals surface area contributed by atoms with Gasteiger partial charge >= 0.3 is 0 Å². The minimum Gasteiger partial charge on any atom is -0.339 e. The first-order chi connectivity index (χ1) is 17.7. The number of benzene rings is 2. The highest BCUT2D eigenvalue weighted by molar-refractivity contribution is 9.10. The lowest BCUT2D eigenvalue weighted by atomic mass is 9.71. The van der Waals surface area contributed by atoms with Gasteiger partial charge in [-0.25, -0.2) is 0 Å². The largest absolute Gasteiger partial charge is 0.339 e. The molecule has 0 saturated carbocycles. The van der Waals surface area contributed by atoms with Gasteiger partial charge in [0.15, 0.2) is 0 Å². The van der Waals surface area contributed by atoms with E-state index < -0.39 is 4.92 Å². The van der Waals surface area contributed by atoms with Crippen molar-refractivity contribution in [3.63, 3.8) is 0 Å². The van der Waals surface area contributed by atoms with E-state index in [0.717, 1.165) is 24.0 Å². The second kappa shape index (κ2) is 9.70. The molecule has 190 valence electrons. The van der Waals surface area contributed by atoms with Gasteiger partial charge in [-0.15, -0.1) is 0 Å². The Labute approximate surface area is 223 Å². The van der Waals surface area contributed by atoms with Crippen LogP contribution in [0.3, 0.4) is 0 Å². The number of hydrogen-bond acceptors (Lipinski definition) is 5. The molecule has 2 amide bonds. The van der Waals surface area contributed by atoms with Crippen molar-refractivity contribution in [1.82, 2.24) is 14.8 Å². The van der Waals surface area contributed by atoms with E-state index in [2.05, 4.69) is 20.9 Å². The molecule has 0 N–H and O–H groups in total. The fourth-order valence-corrected chi connectivity index (χ4v) is 5.79. The van der Waals surface area contributed by atoms with Crippen molar-refractivity contribution in [2.75, 3.05) is 26.2 Å². The van der Waals surface area contributed by atoms with Crippen LogP contribution in [0.5, 0.6) is 0 Å². The van der Waals surface area contributed by atoms with Crippen LogP contribution in [0.25, 0.3) is 11.3 Å². The van der Waals surface area contributed by atoms with E-state index in [4.69, 9.17) is 0 Å². The van der Waals surface area contributed by atoms with Crippen molar-refractivity contribution in [1.29, 1.82) is 0 Å². The van der Waals surface area contributed by atoms with Crippen LogP contribution in [-0.2, 0) is 0 Å². The smallest absolute Gasteiger partial charge is 0.274 e. The number of nitro benzene ring substituents is 1. The number of hydrogen-bond donors (Lipinski definition) is 0. The summed E-state index contributed by atoms with van der Waals surface area (Å²) in [5.41, 5.74) is 4.06. The van der Waals surface area contributed by atoms with Gasteiger partial charge in [0.1, 0.15) is 0 Å². The molecule has 2 aliphatic rings. The van der Waals surface area contributed by atoms with Crippen LogP contribution in [0.2, 0.25) is 0 Å². The van der Waals surface area contributed by atoms with E-state index in [9.17, 15) is 19.7 Å². The number of aryl methyl sites for hydroxylation is 1. The molecule has 3 heterocycles. The molecule has 2 aromatic carbocycles. The molecule has 0 bridgehead atoms. The van der Waals surface area contributed by atoms with Gasteiger partial charge in [0.05, 0.1) is 16.2 Å². The molecule has 0 atom stereocenters. The van der Waals surface area contributed by atoms with Gasteiger partial charge < -0.3 is 9.80 Å². The third-order valence-corrected chi connectivity index (χ3v) is 8.36. The van der Waals surface area contributed by atoms with Crippen LogP contribution < -0.4 is 0 Å². The number of nitro groups is 1. The Hall–Kier alpha value is -3.59. The second-order valence-electron chi connectivity index (χ2n) is 10.1. The van der Waals surface area contributed by atoms with E-state index >= 15 is 0 Å². The lowest BCUT2D eigenvalue weighted by Gasteiger charge is -2.54. The number of aromatic nitrogens is 1. The summed E-state index contributed by atoms with van der Waals surface area (Å²) in [6.07, 6.45) is 3.28. The summed E-state index contributed by atoms with van der Waals surface area (Å²) < 4.78 is 0.548. The Morgan fingerprint density at radius 3 is 2.41 bits per heavy atom. The molecule has 1 spiro atoms.